The first-order chi connectivity index (χ1) is 9.20. The van der Waals surface area contributed by atoms with E-state index in [4.69, 9.17) is 0 Å². The number of aromatic nitrogens is 2. The van der Waals surface area contributed by atoms with Crippen molar-refractivity contribution in [2.45, 2.75) is 19.4 Å². The normalized spacial score (nSPS) is 14.2. The van der Waals surface area contributed by atoms with Gasteiger partial charge in [-0.05, 0) is 17.7 Å². The van der Waals surface area contributed by atoms with Crippen LogP contribution in [0.25, 0.3) is 0 Å². The van der Waals surface area contributed by atoms with Gasteiger partial charge >= 0.3 is 0 Å². The summed E-state index contributed by atoms with van der Waals surface area (Å²) in [6, 6.07) is 3.49. The Hall–Kier alpha value is -1.88. The average Bonchev–Trinajstić information content (AvgIpc) is 2.37. The molecule has 1 aliphatic rings. The fraction of sp³-hybridized carbons (Fsp3) is 0.286. The zero-order chi connectivity index (χ0) is 13.2. The van der Waals surface area contributed by atoms with E-state index in [1.165, 1.54) is 12.1 Å². The van der Waals surface area contributed by atoms with Gasteiger partial charge in [0.1, 0.15) is 17.5 Å². The first kappa shape index (κ1) is 12.2. The number of halogens is 2. The van der Waals surface area contributed by atoms with E-state index in [1.54, 1.807) is 6.20 Å². The van der Waals surface area contributed by atoms with Crippen molar-refractivity contribution in [2.24, 2.45) is 0 Å². The number of nitrogens with zero attached hydrogens (tertiary/aromatic N) is 2. The summed E-state index contributed by atoms with van der Waals surface area (Å²) in [5, 5.41) is 3.25. The fourth-order valence-corrected chi connectivity index (χ4v) is 2.26. The van der Waals surface area contributed by atoms with E-state index in [9.17, 15) is 8.78 Å². The summed E-state index contributed by atoms with van der Waals surface area (Å²) in [6.07, 6.45) is 3.00. The monoisotopic (exact) mass is 261 g/mol. The lowest BCUT2D eigenvalue weighted by molar-refractivity contribution is 0.580. The Morgan fingerprint density at radius 1 is 1.16 bits per heavy atom. The van der Waals surface area contributed by atoms with Gasteiger partial charge in [0.25, 0.3) is 0 Å². The molecule has 0 spiro atoms. The molecule has 3 nitrogen and oxygen atoms in total. The van der Waals surface area contributed by atoms with Gasteiger partial charge in [0.05, 0.1) is 0 Å². The maximum absolute atomic E-state index is 13.1. The Labute approximate surface area is 109 Å². The summed E-state index contributed by atoms with van der Waals surface area (Å²) in [6.45, 7) is 1.68. The molecular weight excluding hydrogens is 248 g/mol. The topological polar surface area (TPSA) is 37.8 Å². The Balaban J connectivity index is 1.86. The van der Waals surface area contributed by atoms with Crippen molar-refractivity contribution in [1.29, 1.82) is 0 Å². The summed E-state index contributed by atoms with van der Waals surface area (Å²) in [5.74, 6) is -0.542. The molecule has 0 saturated heterocycles. The molecule has 0 atom stereocenters. The summed E-state index contributed by atoms with van der Waals surface area (Å²) < 4.78 is 26.2. The predicted molar refractivity (Wildman–Crippen MR) is 66.6 cm³/mol. The second-order valence-corrected chi connectivity index (χ2v) is 4.64. The maximum Gasteiger partial charge on any atom is 0.132 e. The first-order valence-electron chi connectivity index (χ1n) is 6.20. The van der Waals surface area contributed by atoms with Crippen LogP contribution >= 0.6 is 0 Å². The van der Waals surface area contributed by atoms with Crippen LogP contribution in [0.1, 0.15) is 22.6 Å². The van der Waals surface area contributed by atoms with Gasteiger partial charge in [-0.3, -0.25) is 0 Å². The van der Waals surface area contributed by atoms with Gasteiger partial charge in [0, 0.05) is 49.5 Å². The number of fused-ring (bicyclic) bond motifs is 1. The van der Waals surface area contributed by atoms with Crippen molar-refractivity contribution in [3.8, 4) is 0 Å². The van der Waals surface area contributed by atoms with Crippen LogP contribution < -0.4 is 5.32 Å². The standard InChI is InChI=1S/C14H13F2N3/c15-11-3-9(4-12(16)6-11)5-14-18-8-10-7-17-2-1-13(10)19-14/h3-4,6,8,17H,1-2,5,7H2. The molecule has 0 saturated carbocycles. The van der Waals surface area contributed by atoms with Crippen molar-refractivity contribution in [3.05, 3.63) is 58.7 Å². The molecule has 1 aliphatic heterocycles. The largest absolute Gasteiger partial charge is 0.312 e. The van der Waals surface area contributed by atoms with E-state index < -0.39 is 11.6 Å². The highest BCUT2D eigenvalue weighted by atomic mass is 19.1. The lowest BCUT2D eigenvalue weighted by atomic mass is 10.1. The van der Waals surface area contributed by atoms with E-state index in [2.05, 4.69) is 15.3 Å². The van der Waals surface area contributed by atoms with Gasteiger partial charge in [0.2, 0.25) is 0 Å². The van der Waals surface area contributed by atoms with E-state index in [-0.39, 0.29) is 0 Å². The fourth-order valence-electron chi connectivity index (χ4n) is 2.26. The molecule has 98 valence electrons. The van der Waals surface area contributed by atoms with Gasteiger partial charge in [-0.1, -0.05) is 0 Å². The van der Waals surface area contributed by atoms with Crippen LogP contribution in [0.3, 0.4) is 0 Å². The molecule has 0 fully saturated rings. The Bertz CT molecular complexity index is 593. The summed E-state index contributed by atoms with van der Waals surface area (Å²) in [5.41, 5.74) is 2.67. The molecule has 1 N–H and O–H groups in total. The third-order valence-corrected chi connectivity index (χ3v) is 3.14. The summed E-state index contributed by atoms with van der Waals surface area (Å²) in [7, 11) is 0. The minimum absolute atomic E-state index is 0.343. The molecular formula is C14H13F2N3. The second kappa shape index (κ2) is 5.01. The van der Waals surface area contributed by atoms with Crippen molar-refractivity contribution >= 4 is 0 Å². The number of benzene rings is 1. The third-order valence-electron chi connectivity index (χ3n) is 3.14. The van der Waals surface area contributed by atoms with Gasteiger partial charge in [-0.25, -0.2) is 18.7 Å². The number of hydrogen-bond donors (Lipinski definition) is 1. The maximum atomic E-state index is 13.1. The van der Waals surface area contributed by atoms with Crippen LogP contribution in [0.4, 0.5) is 8.78 Å². The van der Waals surface area contributed by atoms with Crippen molar-refractivity contribution < 1.29 is 8.78 Å². The quantitative estimate of drug-likeness (QED) is 0.898. The first-order valence-corrected chi connectivity index (χ1v) is 6.20. The summed E-state index contributed by atoms with van der Waals surface area (Å²) in [4.78, 5) is 8.72. The Kier molecular flexibility index (Phi) is 3.21. The van der Waals surface area contributed by atoms with E-state index in [1.807, 2.05) is 0 Å². The SMILES string of the molecule is Fc1cc(F)cc(Cc2ncc3c(n2)CCNC3)c1. The smallest absolute Gasteiger partial charge is 0.132 e. The highest BCUT2D eigenvalue weighted by Crippen LogP contribution is 2.14. The number of hydrogen-bond acceptors (Lipinski definition) is 3. The molecule has 0 radical (unpaired) electrons. The van der Waals surface area contributed by atoms with Crippen LogP contribution in [0.15, 0.2) is 24.4 Å². The minimum atomic E-state index is -0.572. The molecule has 5 heteroatoms. The average molecular weight is 261 g/mol. The zero-order valence-electron chi connectivity index (χ0n) is 10.3. The molecule has 0 bridgehead atoms. The van der Waals surface area contributed by atoms with Crippen LogP contribution in [-0.2, 0) is 19.4 Å². The van der Waals surface area contributed by atoms with E-state index in [0.29, 0.717) is 17.8 Å². The molecule has 1 aromatic carbocycles. The van der Waals surface area contributed by atoms with Gasteiger partial charge in [-0.2, -0.15) is 0 Å². The van der Waals surface area contributed by atoms with E-state index >= 15 is 0 Å². The minimum Gasteiger partial charge on any atom is -0.312 e. The third kappa shape index (κ3) is 2.76. The highest BCUT2D eigenvalue weighted by molar-refractivity contribution is 5.24. The predicted octanol–water partition coefficient (Wildman–Crippen LogP) is 1.99. The molecule has 0 unspecified atom stereocenters. The van der Waals surface area contributed by atoms with Crippen LogP contribution in [-0.4, -0.2) is 16.5 Å². The second-order valence-electron chi connectivity index (χ2n) is 4.64. The molecule has 2 heterocycles. The van der Waals surface area contributed by atoms with E-state index in [0.717, 1.165) is 36.8 Å². The number of rotatable bonds is 2. The summed E-state index contributed by atoms with van der Waals surface area (Å²) >= 11 is 0. The molecule has 2 aromatic rings. The van der Waals surface area contributed by atoms with Gasteiger partial charge in [0.15, 0.2) is 0 Å². The van der Waals surface area contributed by atoms with Crippen molar-refractivity contribution in [1.82, 2.24) is 15.3 Å². The highest BCUT2D eigenvalue weighted by Gasteiger charge is 2.12. The van der Waals surface area contributed by atoms with Gasteiger partial charge in [-0.15, -0.1) is 0 Å². The molecule has 0 amide bonds. The molecule has 0 aliphatic carbocycles. The van der Waals surface area contributed by atoms with Crippen LogP contribution in [0.2, 0.25) is 0 Å². The Morgan fingerprint density at radius 3 is 2.74 bits per heavy atom. The molecule has 19 heavy (non-hydrogen) atoms. The molecule has 1 aromatic heterocycles. The lowest BCUT2D eigenvalue weighted by Gasteiger charge is -2.16. The van der Waals surface area contributed by atoms with Crippen LogP contribution in [0.5, 0.6) is 0 Å². The molecule has 3 rings (SSSR count). The number of nitrogens with one attached hydrogen (secondary N) is 1. The van der Waals surface area contributed by atoms with Gasteiger partial charge < -0.3 is 5.32 Å². The van der Waals surface area contributed by atoms with Crippen molar-refractivity contribution in [3.63, 3.8) is 0 Å². The zero-order valence-corrected chi connectivity index (χ0v) is 10.3. The van der Waals surface area contributed by atoms with Crippen LogP contribution in [0, 0.1) is 11.6 Å². The van der Waals surface area contributed by atoms with Crippen molar-refractivity contribution in [2.75, 3.05) is 6.54 Å². The Morgan fingerprint density at radius 2 is 1.95 bits per heavy atom. The lowest BCUT2D eigenvalue weighted by Crippen LogP contribution is -2.25.